The minimum absolute atomic E-state index is 0.0808. The third-order valence-electron chi connectivity index (χ3n) is 5.73. The lowest BCUT2D eigenvalue weighted by Gasteiger charge is -2.31. The molecule has 2 aliphatic rings. The Bertz CT molecular complexity index is 1390. The van der Waals surface area contributed by atoms with Crippen LogP contribution in [0.15, 0.2) is 35.1 Å². The molecule has 0 aliphatic carbocycles. The molecule has 2 aromatic heterocycles. The van der Waals surface area contributed by atoms with Crippen molar-refractivity contribution in [3.05, 3.63) is 57.4 Å². The molecule has 2 N–H and O–H groups in total. The first-order valence-corrected chi connectivity index (χ1v) is 10.5. The van der Waals surface area contributed by atoms with E-state index in [2.05, 4.69) is 9.71 Å². The van der Waals surface area contributed by atoms with E-state index >= 15 is 0 Å². The predicted octanol–water partition coefficient (Wildman–Crippen LogP) is 1.02. The van der Waals surface area contributed by atoms with Crippen LogP contribution in [-0.2, 0) is 39.2 Å². The lowest BCUT2D eigenvalue weighted by atomic mass is 9.86. The molecule has 154 valence electrons. The second-order valence-electron chi connectivity index (χ2n) is 7.38. The number of nitrogens with one attached hydrogen (secondary N) is 1. The molecule has 0 radical (unpaired) electrons. The molecule has 0 fully saturated rings. The van der Waals surface area contributed by atoms with E-state index in [1.165, 1.54) is 0 Å². The zero-order valence-electron chi connectivity index (χ0n) is 15.8. The standard InChI is InChI=1S/C20H17N3O6S/c1-2-20(26)14-7-16-17-11(8-23(16)18(24)13(14)9-29-19(20)25)5-10-6-12(22-30(27)28)3-4-15(10)21-17/h3-7,26,30H,2,8-9H2,1H3,(H,22,27,28). The SMILES string of the molecule is CCC1(O)C(=O)OCc2c1cc1n(c2=O)Cc2cc3cc(N[SH](=O)=O)ccc3nc2-1. The molecule has 1 aromatic carbocycles. The van der Waals surface area contributed by atoms with Gasteiger partial charge in [-0.3, -0.25) is 9.52 Å². The summed E-state index contributed by atoms with van der Waals surface area (Å²) in [6, 6.07) is 8.49. The summed E-state index contributed by atoms with van der Waals surface area (Å²) in [4.78, 5) is 30.0. The highest BCUT2D eigenvalue weighted by molar-refractivity contribution is 7.73. The number of anilines is 1. The number of benzene rings is 1. The normalized spacial score (nSPS) is 19.4. The minimum Gasteiger partial charge on any atom is -0.458 e. The van der Waals surface area contributed by atoms with Crippen LogP contribution in [-0.4, -0.2) is 29.0 Å². The van der Waals surface area contributed by atoms with Gasteiger partial charge in [-0.15, -0.1) is 0 Å². The molecule has 0 amide bonds. The van der Waals surface area contributed by atoms with Crippen molar-refractivity contribution in [2.75, 3.05) is 4.72 Å². The monoisotopic (exact) mass is 427 g/mol. The van der Waals surface area contributed by atoms with Gasteiger partial charge in [-0.05, 0) is 36.8 Å². The zero-order chi connectivity index (χ0) is 21.2. The summed E-state index contributed by atoms with van der Waals surface area (Å²) in [5, 5.41) is 11.6. The Kier molecular flexibility index (Phi) is 3.99. The van der Waals surface area contributed by atoms with E-state index in [1.54, 1.807) is 35.8 Å². The first kappa shape index (κ1) is 18.8. The number of esters is 1. The Hall–Kier alpha value is -3.24. The smallest absolute Gasteiger partial charge is 0.343 e. The number of carbonyl (C=O) groups excluding carboxylic acids is 1. The van der Waals surface area contributed by atoms with Crippen LogP contribution in [0.3, 0.4) is 0 Å². The van der Waals surface area contributed by atoms with Crippen LogP contribution in [0.2, 0.25) is 0 Å². The highest BCUT2D eigenvalue weighted by Gasteiger charge is 2.45. The van der Waals surface area contributed by atoms with Crippen LogP contribution in [0.1, 0.15) is 30.0 Å². The fourth-order valence-electron chi connectivity index (χ4n) is 4.16. The van der Waals surface area contributed by atoms with Gasteiger partial charge in [0, 0.05) is 22.2 Å². The van der Waals surface area contributed by atoms with Crippen LogP contribution in [0.4, 0.5) is 5.69 Å². The number of hydrogen-bond donors (Lipinski definition) is 3. The summed E-state index contributed by atoms with van der Waals surface area (Å²) in [6.07, 6.45) is 0.0808. The molecule has 3 aromatic rings. The highest BCUT2D eigenvalue weighted by Crippen LogP contribution is 2.38. The molecule has 5 rings (SSSR count). The van der Waals surface area contributed by atoms with Crippen molar-refractivity contribution in [1.82, 2.24) is 9.55 Å². The van der Waals surface area contributed by atoms with Crippen LogP contribution in [0.25, 0.3) is 22.3 Å². The fraction of sp³-hybridized carbons (Fsp3) is 0.250. The topological polar surface area (TPSA) is 128 Å². The van der Waals surface area contributed by atoms with E-state index in [1.807, 2.05) is 6.07 Å². The average Bonchev–Trinajstić information content (AvgIpc) is 3.07. The van der Waals surface area contributed by atoms with Crippen LogP contribution < -0.4 is 10.3 Å². The second-order valence-corrected chi connectivity index (χ2v) is 8.11. The lowest BCUT2D eigenvalue weighted by Crippen LogP contribution is -2.44. The van der Waals surface area contributed by atoms with Gasteiger partial charge >= 0.3 is 5.97 Å². The number of rotatable bonds is 3. The number of carbonyl (C=O) groups is 1. The van der Waals surface area contributed by atoms with Gasteiger partial charge in [-0.1, -0.05) is 6.92 Å². The molecule has 10 heteroatoms. The predicted molar refractivity (Wildman–Crippen MR) is 108 cm³/mol. The summed E-state index contributed by atoms with van der Waals surface area (Å²) in [7, 11) is -2.78. The molecule has 30 heavy (non-hydrogen) atoms. The maximum absolute atomic E-state index is 13.1. The Morgan fingerprint density at radius 1 is 1.27 bits per heavy atom. The Labute approximate surface area is 172 Å². The van der Waals surface area contributed by atoms with Crippen molar-refractivity contribution in [2.24, 2.45) is 0 Å². The molecular weight excluding hydrogens is 410 g/mol. The molecule has 0 bridgehead atoms. The highest BCUT2D eigenvalue weighted by atomic mass is 32.2. The molecule has 0 saturated carbocycles. The summed E-state index contributed by atoms with van der Waals surface area (Å²) in [6.45, 7) is 1.76. The maximum atomic E-state index is 13.1. The molecule has 2 aliphatic heterocycles. The first-order chi connectivity index (χ1) is 14.3. The van der Waals surface area contributed by atoms with Crippen molar-refractivity contribution < 1.29 is 23.1 Å². The van der Waals surface area contributed by atoms with Gasteiger partial charge in [0.25, 0.3) is 5.56 Å². The Morgan fingerprint density at radius 2 is 2.07 bits per heavy atom. The third-order valence-corrected chi connectivity index (χ3v) is 6.17. The summed E-state index contributed by atoms with van der Waals surface area (Å²) in [5.74, 6) is -0.761. The average molecular weight is 427 g/mol. The van der Waals surface area contributed by atoms with Gasteiger partial charge in [0.15, 0.2) is 5.60 Å². The summed E-state index contributed by atoms with van der Waals surface area (Å²) in [5.41, 5.74) is 1.32. The molecule has 0 saturated heterocycles. The lowest BCUT2D eigenvalue weighted by molar-refractivity contribution is -0.172. The fourth-order valence-corrected chi connectivity index (χ4v) is 4.51. The number of aromatic nitrogens is 2. The van der Waals surface area contributed by atoms with Crippen molar-refractivity contribution in [2.45, 2.75) is 32.1 Å². The van der Waals surface area contributed by atoms with E-state index < -0.39 is 22.5 Å². The Balaban J connectivity index is 1.71. The number of pyridine rings is 2. The van der Waals surface area contributed by atoms with E-state index in [4.69, 9.17) is 4.74 Å². The van der Waals surface area contributed by atoms with Crippen molar-refractivity contribution in [3.8, 4) is 11.4 Å². The molecule has 1 unspecified atom stereocenters. The number of fused-ring (bicyclic) bond motifs is 5. The number of aliphatic hydroxyl groups is 1. The number of thiol groups is 1. The van der Waals surface area contributed by atoms with Gasteiger partial charge < -0.3 is 14.4 Å². The van der Waals surface area contributed by atoms with Crippen molar-refractivity contribution in [1.29, 1.82) is 0 Å². The zero-order valence-corrected chi connectivity index (χ0v) is 16.7. The van der Waals surface area contributed by atoms with Crippen LogP contribution in [0.5, 0.6) is 0 Å². The maximum Gasteiger partial charge on any atom is 0.343 e. The third kappa shape index (κ3) is 2.57. The molecule has 9 nitrogen and oxygen atoms in total. The number of hydrogen-bond acceptors (Lipinski definition) is 7. The van der Waals surface area contributed by atoms with Crippen LogP contribution in [0, 0.1) is 0 Å². The number of cyclic esters (lactones) is 1. The van der Waals surface area contributed by atoms with Crippen molar-refractivity contribution >= 4 is 33.4 Å². The second kappa shape index (κ2) is 6.38. The van der Waals surface area contributed by atoms with E-state index in [9.17, 15) is 23.1 Å². The summed E-state index contributed by atoms with van der Waals surface area (Å²) < 4.78 is 30.8. The minimum atomic E-state index is -2.78. The number of ether oxygens (including phenoxy) is 1. The van der Waals surface area contributed by atoms with Crippen LogP contribution >= 0.6 is 0 Å². The van der Waals surface area contributed by atoms with Crippen molar-refractivity contribution in [3.63, 3.8) is 0 Å². The van der Waals surface area contributed by atoms with Gasteiger partial charge in [0.05, 0.1) is 29.0 Å². The van der Waals surface area contributed by atoms with Gasteiger partial charge in [0.2, 0.25) is 10.9 Å². The molecular formula is C20H17N3O6S. The largest absolute Gasteiger partial charge is 0.458 e. The summed E-state index contributed by atoms with van der Waals surface area (Å²) >= 11 is 0. The van der Waals surface area contributed by atoms with Gasteiger partial charge in [-0.25, -0.2) is 18.2 Å². The van der Waals surface area contributed by atoms with E-state index in [0.717, 1.165) is 10.9 Å². The van der Waals surface area contributed by atoms with E-state index in [-0.39, 0.29) is 36.3 Å². The van der Waals surface area contributed by atoms with Gasteiger partial charge in [0.1, 0.15) is 6.61 Å². The Morgan fingerprint density at radius 3 is 2.80 bits per heavy atom. The first-order valence-electron chi connectivity index (χ1n) is 9.33. The molecule has 1 atom stereocenters. The quantitative estimate of drug-likeness (QED) is 0.329. The molecule has 0 spiro atoms. The molecule has 4 heterocycles. The van der Waals surface area contributed by atoms with E-state index in [0.29, 0.717) is 22.6 Å². The number of nitrogens with zero attached hydrogens (tertiary/aromatic N) is 2. The van der Waals surface area contributed by atoms with Gasteiger partial charge in [-0.2, -0.15) is 0 Å².